The Hall–Kier alpha value is -1.78. The zero-order chi connectivity index (χ0) is 15.6. The summed E-state index contributed by atoms with van der Waals surface area (Å²) in [5.74, 6) is 0.185. The van der Waals surface area contributed by atoms with Gasteiger partial charge in [0.1, 0.15) is 17.2 Å². The number of carbonyl (C=O) groups excluding carboxylic acids is 1. The number of ether oxygens (including phenoxy) is 2. The molecule has 0 aromatic heterocycles. The third-order valence-electron chi connectivity index (χ3n) is 3.48. The zero-order valence-corrected chi connectivity index (χ0v) is 13.0. The van der Waals surface area contributed by atoms with E-state index in [0.29, 0.717) is 30.8 Å². The lowest BCUT2D eigenvalue weighted by atomic mass is 9.97. The topological polar surface area (TPSA) is 38.8 Å². The van der Waals surface area contributed by atoms with Gasteiger partial charge >= 0.3 is 6.09 Å². The molecule has 1 aliphatic heterocycles. The highest BCUT2D eigenvalue weighted by Gasteiger charge is 2.33. The molecule has 1 aromatic rings. The molecule has 4 nitrogen and oxygen atoms in total. The second-order valence-electron chi connectivity index (χ2n) is 6.27. The Morgan fingerprint density at radius 3 is 2.71 bits per heavy atom. The molecule has 0 saturated carbocycles. The summed E-state index contributed by atoms with van der Waals surface area (Å²) in [4.78, 5) is 13.7. The van der Waals surface area contributed by atoms with Crippen molar-refractivity contribution < 1.29 is 18.7 Å². The molecule has 0 bridgehead atoms. The number of nitrogens with zero attached hydrogens (tertiary/aromatic N) is 1. The van der Waals surface area contributed by atoms with E-state index in [-0.39, 0.29) is 17.8 Å². The number of rotatable bonds is 2. The molecule has 1 saturated heterocycles. The highest BCUT2D eigenvalue weighted by Crippen LogP contribution is 2.35. The van der Waals surface area contributed by atoms with Crippen molar-refractivity contribution >= 4 is 6.09 Å². The number of benzene rings is 1. The highest BCUT2D eigenvalue weighted by atomic mass is 19.1. The molecule has 1 fully saturated rings. The fourth-order valence-corrected chi connectivity index (χ4v) is 2.58. The molecule has 21 heavy (non-hydrogen) atoms. The van der Waals surface area contributed by atoms with Crippen LogP contribution in [-0.4, -0.2) is 36.8 Å². The van der Waals surface area contributed by atoms with E-state index in [1.165, 1.54) is 13.2 Å². The number of halogens is 1. The predicted octanol–water partition coefficient (Wildman–Crippen LogP) is 3.56. The van der Waals surface area contributed by atoms with Crippen LogP contribution in [0.5, 0.6) is 5.75 Å². The molecule has 2 rings (SSSR count). The Bertz CT molecular complexity index is 525. The summed E-state index contributed by atoms with van der Waals surface area (Å²) >= 11 is 0. The van der Waals surface area contributed by atoms with Crippen LogP contribution in [0.25, 0.3) is 0 Å². The molecule has 1 unspecified atom stereocenters. The predicted molar refractivity (Wildman–Crippen MR) is 78.1 cm³/mol. The van der Waals surface area contributed by atoms with Crippen molar-refractivity contribution in [3.8, 4) is 5.75 Å². The molecule has 0 N–H and O–H groups in total. The fourth-order valence-electron chi connectivity index (χ4n) is 2.58. The molecule has 0 spiro atoms. The Morgan fingerprint density at radius 2 is 2.10 bits per heavy atom. The van der Waals surface area contributed by atoms with Gasteiger partial charge in [-0.3, -0.25) is 0 Å². The number of likely N-dealkylation sites (tertiary alicyclic amines) is 1. The van der Waals surface area contributed by atoms with Gasteiger partial charge in [0.15, 0.2) is 0 Å². The first-order valence-electron chi connectivity index (χ1n) is 7.12. The average molecular weight is 295 g/mol. The van der Waals surface area contributed by atoms with Crippen molar-refractivity contribution in [1.82, 2.24) is 4.90 Å². The molecule has 5 heteroatoms. The van der Waals surface area contributed by atoms with Crippen LogP contribution in [-0.2, 0) is 4.74 Å². The smallest absolute Gasteiger partial charge is 0.410 e. The largest absolute Gasteiger partial charge is 0.496 e. The minimum Gasteiger partial charge on any atom is -0.496 e. The number of carbonyl (C=O) groups is 1. The SMILES string of the molecule is COc1cccc(F)c1C1CCN(C(=O)OC(C)(C)C)C1. The maximum atomic E-state index is 14.1. The summed E-state index contributed by atoms with van der Waals surface area (Å²) in [7, 11) is 1.53. The standard InChI is InChI=1S/C16H22FNO3/c1-16(2,3)21-15(19)18-9-8-11(10-18)14-12(17)6-5-7-13(14)20-4/h5-7,11H,8-10H2,1-4H3. The molecule has 1 amide bonds. The minimum atomic E-state index is -0.523. The van der Waals surface area contributed by atoms with Crippen LogP contribution in [0.4, 0.5) is 9.18 Å². The first kappa shape index (κ1) is 15.6. The molecule has 116 valence electrons. The van der Waals surface area contributed by atoms with Gasteiger partial charge in [-0.2, -0.15) is 0 Å². The second-order valence-corrected chi connectivity index (χ2v) is 6.27. The Kier molecular flexibility index (Phi) is 4.40. The summed E-state index contributed by atoms with van der Waals surface area (Å²) < 4.78 is 24.7. The van der Waals surface area contributed by atoms with Crippen LogP contribution in [0.2, 0.25) is 0 Å². The molecule has 1 atom stereocenters. The molecular formula is C16H22FNO3. The van der Waals surface area contributed by atoms with E-state index >= 15 is 0 Å². The number of methoxy groups -OCH3 is 1. The summed E-state index contributed by atoms with van der Waals surface area (Å²) in [6.07, 6.45) is 0.358. The van der Waals surface area contributed by atoms with Crippen molar-refractivity contribution in [2.45, 2.75) is 38.7 Å². The van der Waals surface area contributed by atoms with Crippen LogP contribution in [0.1, 0.15) is 38.7 Å². The van der Waals surface area contributed by atoms with Crippen LogP contribution < -0.4 is 4.74 Å². The highest BCUT2D eigenvalue weighted by molar-refractivity contribution is 5.68. The van der Waals surface area contributed by atoms with Crippen molar-refractivity contribution in [3.63, 3.8) is 0 Å². The van der Waals surface area contributed by atoms with E-state index < -0.39 is 5.60 Å². The number of amides is 1. The van der Waals surface area contributed by atoms with Crippen LogP contribution in [0.3, 0.4) is 0 Å². The third kappa shape index (κ3) is 3.65. The Morgan fingerprint density at radius 1 is 1.38 bits per heavy atom. The van der Waals surface area contributed by atoms with Crippen LogP contribution in [0.15, 0.2) is 18.2 Å². The molecule has 1 aromatic carbocycles. The lowest BCUT2D eigenvalue weighted by Gasteiger charge is -2.24. The van der Waals surface area contributed by atoms with Crippen LogP contribution in [0, 0.1) is 5.82 Å². The lowest BCUT2D eigenvalue weighted by Crippen LogP contribution is -2.35. The molecule has 0 aliphatic carbocycles. The van der Waals surface area contributed by atoms with Gasteiger partial charge in [-0.25, -0.2) is 9.18 Å². The van der Waals surface area contributed by atoms with E-state index in [9.17, 15) is 9.18 Å². The van der Waals surface area contributed by atoms with Gasteiger partial charge in [-0.1, -0.05) is 6.07 Å². The fraction of sp³-hybridized carbons (Fsp3) is 0.562. The second kappa shape index (κ2) is 5.92. The van der Waals surface area contributed by atoms with Crippen molar-refractivity contribution in [2.24, 2.45) is 0 Å². The van der Waals surface area contributed by atoms with Gasteiger partial charge in [-0.05, 0) is 39.3 Å². The van der Waals surface area contributed by atoms with E-state index in [1.807, 2.05) is 20.8 Å². The summed E-state index contributed by atoms with van der Waals surface area (Å²) in [5.41, 5.74) is 0.0243. The first-order valence-corrected chi connectivity index (χ1v) is 7.12. The number of hydrogen-bond acceptors (Lipinski definition) is 3. The van der Waals surface area contributed by atoms with Crippen molar-refractivity contribution in [3.05, 3.63) is 29.6 Å². The third-order valence-corrected chi connectivity index (χ3v) is 3.48. The molecule has 0 radical (unpaired) electrons. The summed E-state index contributed by atoms with van der Waals surface area (Å²) in [6.45, 7) is 6.51. The maximum Gasteiger partial charge on any atom is 0.410 e. The van der Waals surface area contributed by atoms with E-state index in [2.05, 4.69) is 0 Å². The summed E-state index contributed by atoms with van der Waals surface area (Å²) in [6, 6.07) is 4.79. The molecule has 1 heterocycles. The van der Waals surface area contributed by atoms with E-state index in [1.54, 1.807) is 17.0 Å². The van der Waals surface area contributed by atoms with Crippen molar-refractivity contribution in [2.75, 3.05) is 20.2 Å². The Balaban J connectivity index is 2.11. The number of hydrogen-bond donors (Lipinski definition) is 0. The van der Waals surface area contributed by atoms with Gasteiger partial charge in [0.2, 0.25) is 0 Å². The maximum absolute atomic E-state index is 14.1. The molecular weight excluding hydrogens is 273 g/mol. The van der Waals surface area contributed by atoms with Gasteiger partial charge in [0.25, 0.3) is 0 Å². The van der Waals surface area contributed by atoms with Gasteiger partial charge in [0.05, 0.1) is 7.11 Å². The van der Waals surface area contributed by atoms with E-state index in [0.717, 1.165) is 0 Å². The van der Waals surface area contributed by atoms with Crippen LogP contribution >= 0.6 is 0 Å². The Labute approximate surface area is 124 Å². The van der Waals surface area contributed by atoms with Crippen molar-refractivity contribution in [1.29, 1.82) is 0 Å². The monoisotopic (exact) mass is 295 g/mol. The quantitative estimate of drug-likeness (QED) is 0.837. The van der Waals surface area contributed by atoms with Gasteiger partial charge in [0, 0.05) is 24.6 Å². The first-order chi connectivity index (χ1) is 9.81. The zero-order valence-electron chi connectivity index (χ0n) is 13.0. The summed E-state index contributed by atoms with van der Waals surface area (Å²) in [5, 5.41) is 0. The molecule has 1 aliphatic rings. The van der Waals surface area contributed by atoms with E-state index in [4.69, 9.17) is 9.47 Å². The lowest BCUT2D eigenvalue weighted by molar-refractivity contribution is 0.0292. The minimum absolute atomic E-state index is 0.0614. The van der Waals surface area contributed by atoms with Gasteiger partial charge < -0.3 is 14.4 Å². The van der Waals surface area contributed by atoms with Gasteiger partial charge in [-0.15, -0.1) is 0 Å². The normalized spacial score (nSPS) is 18.7. The average Bonchev–Trinajstić information content (AvgIpc) is 2.85.